The second-order valence-corrected chi connectivity index (χ2v) is 7.16. The second kappa shape index (κ2) is 5.98. The number of nitrogens with zero attached hydrogens (tertiary/aromatic N) is 1. The van der Waals surface area contributed by atoms with Gasteiger partial charge in [0.25, 0.3) is 0 Å². The normalized spacial score (nSPS) is 28.2. The number of sulfonamides is 1. The summed E-state index contributed by atoms with van der Waals surface area (Å²) in [5.74, 6) is 1.21. The summed E-state index contributed by atoms with van der Waals surface area (Å²) in [5, 5.41) is 0. The number of nitrogens with two attached hydrogens (primary N) is 1. The molecule has 0 aromatic heterocycles. The summed E-state index contributed by atoms with van der Waals surface area (Å²) in [6, 6.07) is 0. The predicted molar refractivity (Wildman–Crippen MR) is 66.6 cm³/mol. The smallest absolute Gasteiger partial charge is 0.214 e. The minimum Gasteiger partial charge on any atom is -0.330 e. The van der Waals surface area contributed by atoms with Crippen molar-refractivity contribution in [2.24, 2.45) is 17.6 Å². The molecule has 96 valence electrons. The first-order valence-electron chi connectivity index (χ1n) is 6.13. The standard InChI is InChI=1S/C11H24N2O2S/c1-10-7-11(2)9-13(8-10)16(14,15)6-4-3-5-12/h10-11H,3-9,12H2,1-2H3. The summed E-state index contributed by atoms with van der Waals surface area (Å²) in [7, 11) is -3.04. The van der Waals surface area contributed by atoms with Crippen LogP contribution in [0.1, 0.15) is 33.1 Å². The average Bonchev–Trinajstić information content (AvgIpc) is 2.16. The van der Waals surface area contributed by atoms with Crippen molar-refractivity contribution in [1.29, 1.82) is 0 Å². The summed E-state index contributed by atoms with van der Waals surface area (Å²) < 4.78 is 25.7. The fourth-order valence-corrected chi connectivity index (χ4v) is 4.18. The maximum atomic E-state index is 12.0. The molecule has 0 bridgehead atoms. The molecular weight excluding hydrogens is 224 g/mol. The Kier molecular flexibility index (Phi) is 5.21. The van der Waals surface area contributed by atoms with E-state index in [0.29, 0.717) is 37.9 Å². The number of hydrogen-bond acceptors (Lipinski definition) is 3. The van der Waals surface area contributed by atoms with Crippen LogP contribution < -0.4 is 5.73 Å². The van der Waals surface area contributed by atoms with E-state index < -0.39 is 10.0 Å². The molecule has 1 aliphatic rings. The Morgan fingerprint density at radius 1 is 1.19 bits per heavy atom. The molecule has 0 aliphatic carbocycles. The van der Waals surface area contributed by atoms with E-state index in [-0.39, 0.29) is 5.75 Å². The van der Waals surface area contributed by atoms with Gasteiger partial charge in [0.05, 0.1) is 5.75 Å². The predicted octanol–water partition coefficient (Wildman–Crippen LogP) is 1.03. The molecule has 5 heteroatoms. The zero-order valence-corrected chi connectivity index (χ0v) is 11.2. The molecule has 1 heterocycles. The topological polar surface area (TPSA) is 63.4 Å². The highest BCUT2D eigenvalue weighted by atomic mass is 32.2. The van der Waals surface area contributed by atoms with Crippen LogP contribution in [0.5, 0.6) is 0 Å². The van der Waals surface area contributed by atoms with Crippen molar-refractivity contribution >= 4 is 10.0 Å². The Labute approximate surface area is 99.2 Å². The van der Waals surface area contributed by atoms with Gasteiger partial charge < -0.3 is 5.73 Å². The Hall–Kier alpha value is -0.130. The summed E-state index contributed by atoms with van der Waals surface area (Å²) in [5.41, 5.74) is 5.37. The maximum Gasteiger partial charge on any atom is 0.214 e. The van der Waals surface area contributed by atoms with Crippen LogP contribution in [-0.4, -0.2) is 38.1 Å². The second-order valence-electron chi connectivity index (χ2n) is 5.07. The fourth-order valence-electron chi connectivity index (χ4n) is 2.39. The summed E-state index contributed by atoms with van der Waals surface area (Å²) in [4.78, 5) is 0. The molecule has 1 aliphatic heterocycles. The molecule has 0 amide bonds. The lowest BCUT2D eigenvalue weighted by atomic mass is 9.94. The number of rotatable bonds is 5. The van der Waals surface area contributed by atoms with Gasteiger partial charge in [-0.3, -0.25) is 0 Å². The van der Waals surface area contributed by atoms with E-state index in [0.717, 1.165) is 12.8 Å². The maximum absolute atomic E-state index is 12.0. The van der Waals surface area contributed by atoms with E-state index in [9.17, 15) is 8.42 Å². The van der Waals surface area contributed by atoms with E-state index in [2.05, 4.69) is 13.8 Å². The van der Waals surface area contributed by atoms with E-state index in [1.807, 2.05) is 0 Å². The molecule has 2 unspecified atom stereocenters. The largest absolute Gasteiger partial charge is 0.330 e. The van der Waals surface area contributed by atoms with Gasteiger partial charge in [-0.15, -0.1) is 0 Å². The van der Waals surface area contributed by atoms with E-state index in [4.69, 9.17) is 5.73 Å². The lowest BCUT2D eigenvalue weighted by Gasteiger charge is -2.34. The molecule has 0 saturated carbocycles. The van der Waals surface area contributed by atoms with Crippen molar-refractivity contribution in [3.8, 4) is 0 Å². The van der Waals surface area contributed by atoms with Crippen LogP contribution >= 0.6 is 0 Å². The minimum atomic E-state index is -3.04. The molecular formula is C11H24N2O2S. The third-order valence-electron chi connectivity index (χ3n) is 3.09. The van der Waals surface area contributed by atoms with Gasteiger partial charge in [0.1, 0.15) is 0 Å². The lowest BCUT2D eigenvalue weighted by molar-refractivity contribution is 0.222. The molecule has 2 N–H and O–H groups in total. The van der Waals surface area contributed by atoms with E-state index >= 15 is 0 Å². The highest BCUT2D eigenvalue weighted by molar-refractivity contribution is 7.89. The van der Waals surface area contributed by atoms with Crippen LogP contribution in [0.3, 0.4) is 0 Å². The van der Waals surface area contributed by atoms with Gasteiger partial charge in [-0.1, -0.05) is 13.8 Å². The molecule has 1 fully saturated rings. The molecule has 16 heavy (non-hydrogen) atoms. The van der Waals surface area contributed by atoms with Crippen LogP contribution in [0.15, 0.2) is 0 Å². The summed E-state index contributed by atoms with van der Waals surface area (Å²) in [6.45, 7) is 6.20. The first kappa shape index (κ1) is 13.9. The Morgan fingerprint density at radius 3 is 2.25 bits per heavy atom. The third-order valence-corrected chi connectivity index (χ3v) is 4.97. The Morgan fingerprint density at radius 2 is 1.75 bits per heavy atom. The highest BCUT2D eigenvalue weighted by Crippen LogP contribution is 2.23. The van der Waals surface area contributed by atoms with E-state index in [1.165, 1.54) is 0 Å². The molecule has 0 aromatic carbocycles. The van der Waals surface area contributed by atoms with Gasteiger partial charge in [-0.05, 0) is 37.6 Å². The molecule has 1 rings (SSSR count). The van der Waals surface area contributed by atoms with Gasteiger partial charge in [0, 0.05) is 13.1 Å². The van der Waals surface area contributed by atoms with Gasteiger partial charge in [-0.25, -0.2) is 12.7 Å². The van der Waals surface area contributed by atoms with Crippen LogP contribution in [0.4, 0.5) is 0 Å². The van der Waals surface area contributed by atoms with Crippen LogP contribution in [0, 0.1) is 11.8 Å². The van der Waals surface area contributed by atoms with Crippen molar-refractivity contribution in [3.63, 3.8) is 0 Å². The SMILES string of the molecule is CC1CC(C)CN(S(=O)(=O)CCCCN)C1. The van der Waals surface area contributed by atoms with Crippen LogP contribution in [0.2, 0.25) is 0 Å². The molecule has 0 spiro atoms. The summed E-state index contributed by atoms with van der Waals surface area (Å²) >= 11 is 0. The Bertz CT molecular complexity index is 293. The number of unbranched alkanes of at least 4 members (excludes halogenated alkanes) is 1. The first-order valence-corrected chi connectivity index (χ1v) is 7.74. The van der Waals surface area contributed by atoms with Gasteiger partial charge in [-0.2, -0.15) is 0 Å². The van der Waals surface area contributed by atoms with Crippen LogP contribution in [-0.2, 0) is 10.0 Å². The van der Waals surface area contributed by atoms with Crippen molar-refractivity contribution in [2.45, 2.75) is 33.1 Å². The van der Waals surface area contributed by atoms with E-state index in [1.54, 1.807) is 4.31 Å². The zero-order chi connectivity index (χ0) is 12.2. The average molecular weight is 248 g/mol. The monoisotopic (exact) mass is 248 g/mol. The molecule has 0 radical (unpaired) electrons. The van der Waals surface area contributed by atoms with Crippen molar-refractivity contribution in [2.75, 3.05) is 25.4 Å². The lowest BCUT2D eigenvalue weighted by Crippen LogP contribution is -2.43. The highest BCUT2D eigenvalue weighted by Gasteiger charge is 2.29. The number of piperidine rings is 1. The Balaban J connectivity index is 2.53. The molecule has 0 aromatic rings. The van der Waals surface area contributed by atoms with Gasteiger partial charge in [0.2, 0.25) is 10.0 Å². The van der Waals surface area contributed by atoms with Crippen molar-refractivity contribution in [1.82, 2.24) is 4.31 Å². The van der Waals surface area contributed by atoms with Crippen molar-refractivity contribution in [3.05, 3.63) is 0 Å². The molecule has 4 nitrogen and oxygen atoms in total. The zero-order valence-electron chi connectivity index (χ0n) is 10.4. The minimum absolute atomic E-state index is 0.254. The van der Waals surface area contributed by atoms with Gasteiger partial charge in [0.15, 0.2) is 0 Å². The fraction of sp³-hybridized carbons (Fsp3) is 1.00. The van der Waals surface area contributed by atoms with Gasteiger partial charge >= 0.3 is 0 Å². The number of hydrogen-bond donors (Lipinski definition) is 1. The van der Waals surface area contributed by atoms with Crippen LogP contribution in [0.25, 0.3) is 0 Å². The van der Waals surface area contributed by atoms with Crippen molar-refractivity contribution < 1.29 is 8.42 Å². The summed E-state index contributed by atoms with van der Waals surface area (Å²) in [6.07, 6.45) is 2.60. The quantitative estimate of drug-likeness (QED) is 0.739. The molecule has 1 saturated heterocycles. The molecule has 2 atom stereocenters. The third kappa shape index (κ3) is 4.03. The first-order chi connectivity index (χ1) is 7.45.